The third-order valence-corrected chi connectivity index (χ3v) is 3.30. The highest BCUT2D eigenvalue weighted by Crippen LogP contribution is 2.29. The Labute approximate surface area is 119 Å². The first-order chi connectivity index (χ1) is 9.63. The summed E-state index contributed by atoms with van der Waals surface area (Å²) < 4.78 is 18.0. The minimum atomic E-state index is -0.810. The van der Waals surface area contributed by atoms with Crippen LogP contribution in [0.25, 0.3) is 0 Å². The highest BCUT2D eigenvalue weighted by molar-refractivity contribution is 5.28. The van der Waals surface area contributed by atoms with Crippen molar-refractivity contribution in [1.29, 1.82) is 0 Å². The summed E-state index contributed by atoms with van der Waals surface area (Å²) in [6.07, 6.45) is 0.431. The van der Waals surface area contributed by atoms with Crippen LogP contribution >= 0.6 is 0 Å². The average molecular weight is 285 g/mol. The molecule has 1 N–H and O–H groups in total. The molecule has 0 bridgehead atoms. The standard InChI is InChI=1S/C13H23N3O4/c1-15(2)4-5-16-12(10(18-3)8-14-16)13(17)11-9-19-6-7-20-11/h8,11,13,17H,4-7,9H2,1-3H3. The molecule has 2 rings (SSSR count). The molecule has 7 nitrogen and oxygen atoms in total. The Kier molecular flexibility index (Phi) is 5.36. The number of methoxy groups -OCH3 is 1. The second kappa shape index (κ2) is 7.03. The van der Waals surface area contributed by atoms with Gasteiger partial charge in [0.2, 0.25) is 0 Å². The number of ether oxygens (including phenoxy) is 3. The summed E-state index contributed by atoms with van der Waals surface area (Å²) in [4.78, 5) is 2.06. The average Bonchev–Trinajstić information content (AvgIpc) is 2.88. The SMILES string of the molecule is COc1cnn(CCN(C)C)c1C(O)C1COCCO1. The summed E-state index contributed by atoms with van der Waals surface area (Å²) in [5.41, 5.74) is 0.643. The minimum Gasteiger partial charge on any atom is -0.493 e. The van der Waals surface area contributed by atoms with Crippen molar-refractivity contribution in [1.82, 2.24) is 14.7 Å². The summed E-state index contributed by atoms with van der Waals surface area (Å²) in [7, 11) is 5.56. The Balaban J connectivity index is 2.16. The first kappa shape index (κ1) is 15.2. The predicted octanol–water partition coefficient (Wildman–Crippen LogP) is -0.0979. The Hall–Kier alpha value is -1.15. The van der Waals surface area contributed by atoms with Crippen LogP contribution in [0.5, 0.6) is 5.75 Å². The van der Waals surface area contributed by atoms with E-state index in [2.05, 4.69) is 10.00 Å². The van der Waals surface area contributed by atoms with Crippen molar-refractivity contribution in [2.75, 3.05) is 47.6 Å². The van der Waals surface area contributed by atoms with E-state index < -0.39 is 6.10 Å². The number of hydrogen-bond donors (Lipinski definition) is 1. The van der Waals surface area contributed by atoms with Crippen LogP contribution in [-0.2, 0) is 16.0 Å². The minimum absolute atomic E-state index is 0.378. The van der Waals surface area contributed by atoms with E-state index in [1.54, 1.807) is 18.0 Å². The maximum atomic E-state index is 10.5. The fraction of sp³-hybridized carbons (Fsp3) is 0.769. The van der Waals surface area contributed by atoms with Crippen molar-refractivity contribution in [2.24, 2.45) is 0 Å². The number of hydrogen-bond acceptors (Lipinski definition) is 6. The fourth-order valence-electron chi connectivity index (χ4n) is 2.17. The highest BCUT2D eigenvalue weighted by Gasteiger charge is 2.30. The van der Waals surface area contributed by atoms with E-state index in [0.717, 1.165) is 6.54 Å². The van der Waals surface area contributed by atoms with Gasteiger partial charge in [0.15, 0.2) is 5.75 Å². The number of aliphatic hydroxyl groups excluding tert-OH is 1. The molecule has 1 aromatic heterocycles. The van der Waals surface area contributed by atoms with Gasteiger partial charge in [0.05, 0.1) is 39.7 Å². The van der Waals surface area contributed by atoms with Gasteiger partial charge in [0.25, 0.3) is 0 Å². The molecule has 0 aliphatic carbocycles. The van der Waals surface area contributed by atoms with E-state index in [4.69, 9.17) is 14.2 Å². The summed E-state index contributed by atoms with van der Waals surface area (Å²) in [5, 5.41) is 14.8. The molecule has 114 valence electrons. The molecule has 1 saturated heterocycles. The van der Waals surface area contributed by atoms with Gasteiger partial charge in [-0.3, -0.25) is 4.68 Å². The topological polar surface area (TPSA) is 69.0 Å². The molecule has 0 radical (unpaired) electrons. The van der Waals surface area contributed by atoms with Crippen molar-refractivity contribution in [3.63, 3.8) is 0 Å². The molecule has 0 aromatic carbocycles. The van der Waals surface area contributed by atoms with Crippen LogP contribution in [0.3, 0.4) is 0 Å². The van der Waals surface area contributed by atoms with Crippen LogP contribution in [0.4, 0.5) is 0 Å². The zero-order valence-corrected chi connectivity index (χ0v) is 12.3. The lowest BCUT2D eigenvalue weighted by atomic mass is 10.1. The lowest BCUT2D eigenvalue weighted by molar-refractivity contribution is -0.135. The number of aromatic nitrogens is 2. The van der Waals surface area contributed by atoms with Crippen molar-refractivity contribution in [3.8, 4) is 5.75 Å². The molecular formula is C13H23N3O4. The van der Waals surface area contributed by atoms with Gasteiger partial charge in [-0.05, 0) is 14.1 Å². The molecule has 20 heavy (non-hydrogen) atoms. The number of nitrogens with zero attached hydrogens (tertiary/aromatic N) is 3. The smallest absolute Gasteiger partial charge is 0.162 e. The van der Waals surface area contributed by atoms with Gasteiger partial charge in [0, 0.05) is 6.54 Å². The molecule has 7 heteroatoms. The maximum absolute atomic E-state index is 10.5. The second-order valence-electron chi connectivity index (χ2n) is 5.05. The zero-order valence-electron chi connectivity index (χ0n) is 12.3. The molecule has 0 spiro atoms. The van der Waals surface area contributed by atoms with Gasteiger partial charge in [-0.25, -0.2) is 0 Å². The third-order valence-electron chi connectivity index (χ3n) is 3.30. The molecule has 2 unspecified atom stereocenters. The normalized spacial score (nSPS) is 21.1. The third kappa shape index (κ3) is 3.49. The summed E-state index contributed by atoms with van der Waals surface area (Å²) in [5.74, 6) is 0.574. The maximum Gasteiger partial charge on any atom is 0.162 e. The van der Waals surface area contributed by atoms with Crippen molar-refractivity contribution < 1.29 is 19.3 Å². The molecular weight excluding hydrogens is 262 g/mol. The number of rotatable bonds is 6. The lowest BCUT2D eigenvalue weighted by Gasteiger charge is -2.28. The van der Waals surface area contributed by atoms with Crippen LogP contribution < -0.4 is 4.74 Å². The lowest BCUT2D eigenvalue weighted by Crippen LogP contribution is -2.35. The molecule has 2 heterocycles. The monoisotopic (exact) mass is 285 g/mol. The van der Waals surface area contributed by atoms with Crippen LogP contribution in [0.2, 0.25) is 0 Å². The molecule has 1 fully saturated rings. The number of likely N-dealkylation sites (N-methyl/N-ethyl adjacent to an activating group) is 1. The summed E-state index contributed by atoms with van der Waals surface area (Å²) in [6.45, 7) is 2.95. The predicted molar refractivity (Wildman–Crippen MR) is 72.9 cm³/mol. The summed E-state index contributed by atoms with van der Waals surface area (Å²) >= 11 is 0. The van der Waals surface area contributed by atoms with Gasteiger partial charge < -0.3 is 24.2 Å². The second-order valence-corrected chi connectivity index (χ2v) is 5.05. The number of aliphatic hydroxyl groups is 1. The molecule has 1 aliphatic rings. The zero-order chi connectivity index (χ0) is 14.5. The van der Waals surface area contributed by atoms with E-state index in [-0.39, 0.29) is 6.10 Å². The van der Waals surface area contributed by atoms with E-state index in [0.29, 0.717) is 37.8 Å². The van der Waals surface area contributed by atoms with Crippen LogP contribution in [0, 0.1) is 0 Å². The van der Waals surface area contributed by atoms with Gasteiger partial charge >= 0.3 is 0 Å². The Morgan fingerprint density at radius 2 is 2.35 bits per heavy atom. The molecule has 0 saturated carbocycles. The first-order valence-electron chi connectivity index (χ1n) is 6.75. The molecule has 1 aliphatic heterocycles. The van der Waals surface area contributed by atoms with Gasteiger partial charge in [-0.1, -0.05) is 0 Å². The molecule has 0 amide bonds. The highest BCUT2D eigenvalue weighted by atomic mass is 16.6. The summed E-state index contributed by atoms with van der Waals surface area (Å²) in [6, 6.07) is 0. The molecule has 2 atom stereocenters. The first-order valence-corrected chi connectivity index (χ1v) is 6.75. The Bertz CT molecular complexity index is 416. The van der Waals surface area contributed by atoms with Crippen LogP contribution in [0.1, 0.15) is 11.8 Å². The van der Waals surface area contributed by atoms with Crippen molar-refractivity contribution >= 4 is 0 Å². The Morgan fingerprint density at radius 3 is 2.95 bits per heavy atom. The van der Waals surface area contributed by atoms with Crippen LogP contribution in [0.15, 0.2) is 6.20 Å². The largest absolute Gasteiger partial charge is 0.493 e. The van der Waals surface area contributed by atoms with Crippen molar-refractivity contribution in [3.05, 3.63) is 11.9 Å². The molecule has 1 aromatic rings. The van der Waals surface area contributed by atoms with Crippen molar-refractivity contribution in [2.45, 2.75) is 18.8 Å². The van der Waals surface area contributed by atoms with Gasteiger partial charge in [-0.15, -0.1) is 0 Å². The van der Waals surface area contributed by atoms with E-state index in [1.807, 2.05) is 14.1 Å². The van der Waals surface area contributed by atoms with E-state index in [9.17, 15) is 5.11 Å². The van der Waals surface area contributed by atoms with E-state index in [1.165, 1.54) is 0 Å². The fourth-order valence-corrected chi connectivity index (χ4v) is 2.17. The van der Waals surface area contributed by atoms with Crippen LogP contribution in [-0.4, -0.2) is 73.5 Å². The Morgan fingerprint density at radius 1 is 1.55 bits per heavy atom. The van der Waals surface area contributed by atoms with E-state index >= 15 is 0 Å². The quantitative estimate of drug-likeness (QED) is 0.787. The van der Waals surface area contributed by atoms with Gasteiger partial charge in [0.1, 0.15) is 17.9 Å². The van der Waals surface area contributed by atoms with Gasteiger partial charge in [-0.2, -0.15) is 5.10 Å².